The number of benzene rings is 6. The molecule has 6 aromatic carbocycles. The highest BCUT2D eigenvalue weighted by atomic mass is 14.9. The summed E-state index contributed by atoms with van der Waals surface area (Å²) in [6.45, 7) is 6.45. The van der Waals surface area contributed by atoms with Gasteiger partial charge in [0.2, 0.25) is 0 Å². The van der Waals surface area contributed by atoms with E-state index in [9.17, 15) is 0 Å². The van der Waals surface area contributed by atoms with E-state index in [-0.39, 0.29) is 0 Å². The third-order valence-corrected chi connectivity index (χ3v) is 8.08. The van der Waals surface area contributed by atoms with Crippen molar-refractivity contribution in [1.82, 2.24) is 4.98 Å². The lowest BCUT2D eigenvalue weighted by molar-refractivity contribution is 1.36. The summed E-state index contributed by atoms with van der Waals surface area (Å²) in [6.07, 6.45) is 3.82. The molecule has 0 atom stereocenters. The van der Waals surface area contributed by atoms with Crippen molar-refractivity contribution in [3.8, 4) is 22.3 Å². The zero-order chi connectivity index (χ0) is 30.6. The van der Waals surface area contributed by atoms with Crippen molar-refractivity contribution >= 4 is 38.8 Å². The summed E-state index contributed by atoms with van der Waals surface area (Å²) in [4.78, 5) is 14.7. The maximum Gasteiger partial charge on any atom is 0.160 e. The van der Waals surface area contributed by atoms with Gasteiger partial charge in [-0.15, -0.1) is 0 Å². The van der Waals surface area contributed by atoms with Crippen LogP contribution in [0.2, 0.25) is 0 Å². The van der Waals surface area contributed by atoms with E-state index < -0.39 is 0 Å². The lowest BCUT2D eigenvalue weighted by Gasteiger charge is -2.11. The highest BCUT2D eigenvalue weighted by Crippen LogP contribution is 2.30. The van der Waals surface area contributed by atoms with Gasteiger partial charge in [-0.25, -0.2) is 9.98 Å². The Labute approximate surface area is 263 Å². The fourth-order valence-electron chi connectivity index (χ4n) is 5.67. The minimum atomic E-state index is 0.616. The van der Waals surface area contributed by atoms with Gasteiger partial charge in [0.15, 0.2) is 5.84 Å². The molecule has 0 N–H and O–H groups in total. The minimum Gasteiger partial charge on any atom is -0.263 e. The van der Waals surface area contributed by atoms with Crippen LogP contribution in [0.25, 0.3) is 49.5 Å². The summed E-state index contributed by atoms with van der Waals surface area (Å²) in [5, 5.41) is 4.58. The van der Waals surface area contributed by atoms with E-state index in [0.717, 1.165) is 55.3 Å². The number of aromatic nitrogens is 1. The molecular weight excluding hydrogens is 546 g/mol. The second-order valence-electron chi connectivity index (χ2n) is 11.1. The highest BCUT2D eigenvalue weighted by molar-refractivity contribution is 6.14. The minimum absolute atomic E-state index is 0.616. The highest BCUT2D eigenvalue weighted by Gasteiger charge is 2.11. The maximum absolute atomic E-state index is 5.14. The zero-order valence-corrected chi connectivity index (χ0v) is 25.1. The van der Waals surface area contributed by atoms with Crippen LogP contribution in [-0.4, -0.2) is 16.5 Å². The number of nitrogens with zero attached hydrogens (tertiary/aromatic N) is 3. The standard InChI is InChI=1S/C42H31N3/c1-29(33-17-10-19-36(24-33)31-12-4-3-5-13-31)44-42(38-23-22-32-14-6-7-15-35(32)26-38)45-30(2)34-18-11-20-37(25-34)41-28-43-27-39-16-8-9-21-40(39)41/h3-28H,2H2,1H3. The van der Waals surface area contributed by atoms with Crippen molar-refractivity contribution in [2.75, 3.05) is 0 Å². The van der Waals surface area contributed by atoms with Crippen molar-refractivity contribution in [3.05, 3.63) is 181 Å². The summed E-state index contributed by atoms with van der Waals surface area (Å²) in [7, 11) is 0. The van der Waals surface area contributed by atoms with Crippen LogP contribution in [-0.2, 0) is 0 Å². The van der Waals surface area contributed by atoms with E-state index in [1.54, 1.807) is 0 Å². The van der Waals surface area contributed by atoms with Gasteiger partial charge in [-0.2, -0.15) is 0 Å². The van der Waals surface area contributed by atoms with Gasteiger partial charge in [-0.05, 0) is 63.5 Å². The fourth-order valence-corrected chi connectivity index (χ4v) is 5.67. The average molecular weight is 578 g/mol. The van der Waals surface area contributed by atoms with Gasteiger partial charge >= 0.3 is 0 Å². The van der Waals surface area contributed by atoms with E-state index >= 15 is 0 Å². The van der Waals surface area contributed by atoms with Crippen molar-refractivity contribution in [3.63, 3.8) is 0 Å². The summed E-state index contributed by atoms with van der Waals surface area (Å²) in [6, 6.07) is 50.3. The third-order valence-electron chi connectivity index (χ3n) is 8.08. The molecule has 1 aromatic heterocycles. The molecule has 0 unspecified atom stereocenters. The molecule has 0 radical (unpaired) electrons. The first kappa shape index (κ1) is 27.9. The predicted molar refractivity (Wildman–Crippen MR) is 191 cm³/mol. The molecule has 7 aromatic rings. The molecule has 1 heterocycles. The second-order valence-corrected chi connectivity index (χ2v) is 11.1. The number of hydrogen-bond donors (Lipinski definition) is 0. The van der Waals surface area contributed by atoms with Crippen LogP contribution in [0.4, 0.5) is 0 Å². The van der Waals surface area contributed by atoms with Gasteiger partial charge < -0.3 is 0 Å². The lowest BCUT2D eigenvalue weighted by Crippen LogP contribution is -2.04. The van der Waals surface area contributed by atoms with Crippen LogP contribution in [0.3, 0.4) is 0 Å². The Balaban J connectivity index is 1.30. The molecular formula is C42H31N3. The van der Waals surface area contributed by atoms with Crippen LogP contribution >= 0.6 is 0 Å². The third kappa shape index (κ3) is 5.97. The first-order chi connectivity index (χ1) is 22.1. The summed E-state index contributed by atoms with van der Waals surface area (Å²) in [5.74, 6) is 0.616. The Bertz CT molecular complexity index is 2240. The smallest absolute Gasteiger partial charge is 0.160 e. The molecule has 0 saturated heterocycles. The maximum atomic E-state index is 5.14. The predicted octanol–water partition coefficient (Wildman–Crippen LogP) is 10.6. The topological polar surface area (TPSA) is 37.6 Å². The van der Waals surface area contributed by atoms with Crippen LogP contribution in [0.15, 0.2) is 175 Å². The molecule has 3 nitrogen and oxygen atoms in total. The Morgan fingerprint density at radius 2 is 1.18 bits per heavy atom. The SMILES string of the molecule is C=C(N=C(N=C(C)c1cccc(-c2ccccc2)c1)c1ccc2ccccc2c1)c1cccc(-c2cncc3ccccc23)c1. The molecule has 0 spiro atoms. The van der Waals surface area contributed by atoms with Crippen LogP contribution < -0.4 is 0 Å². The monoisotopic (exact) mass is 577 g/mol. The van der Waals surface area contributed by atoms with Gasteiger partial charge in [0.1, 0.15) is 0 Å². The molecule has 7 rings (SSSR count). The van der Waals surface area contributed by atoms with E-state index in [4.69, 9.17) is 9.98 Å². The van der Waals surface area contributed by atoms with E-state index in [1.165, 1.54) is 10.9 Å². The Morgan fingerprint density at radius 3 is 2.02 bits per heavy atom. The first-order valence-electron chi connectivity index (χ1n) is 15.0. The summed E-state index contributed by atoms with van der Waals surface area (Å²) in [5.41, 5.74) is 8.89. The molecule has 0 aliphatic carbocycles. The number of rotatable bonds is 6. The molecule has 0 aliphatic rings. The fraction of sp³-hybridized carbons (Fsp3) is 0.0238. The van der Waals surface area contributed by atoms with Crippen LogP contribution in [0.5, 0.6) is 0 Å². The van der Waals surface area contributed by atoms with Gasteiger partial charge in [-0.3, -0.25) is 4.98 Å². The van der Waals surface area contributed by atoms with E-state index in [0.29, 0.717) is 11.5 Å². The molecule has 0 saturated carbocycles. The zero-order valence-electron chi connectivity index (χ0n) is 25.1. The quantitative estimate of drug-likeness (QED) is 0.143. The van der Waals surface area contributed by atoms with Gasteiger partial charge in [-0.1, -0.05) is 134 Å². The van der Waals surface area contributed by atoms with Crippen molar-refractivity contribution in [1.29, 1.82) is 0 Å². The van der Waals surface area contributed by atoms with E-state index in [2.05, 4.69) is 133 Å². The van der Waals surface area contributed by atoms with Crippen LogP contribution in [0.1, 0.15) is 23.6 Å². The molecule has 0 fully saturated rings. The molecule has 0 bridgehead atoms. The second kappa shape index (κ2) is 12.4. The van der Waals surface area contributed by atoms with E-state index in [1.807, 2.05) is 43.6 Å². The van der Waals surface area contributed by atoms with Gasteiger partial charge in [0, 0.05) is 40.2 Å². The van der Waals surface area contributed by atoms with Crippen molar-refractivity contribution in [2.45, 2.75) is 6.92 Å². The molecule has 3 heteroatoms. The summed E-state index contributed by atoms with van der Waals surface area (Å²) >= 11 is 0. The van der Waals surface area contributed by atoms with Crippen molar-refractivity contribution < 1.29 is 0 Å². The van der Waals surface area contributed by atoms with Crippen LogP contribution in [0, 0.1) is 0 Å². The molecule has 0 amide bonds. The number of aliphatic imine (C=N–C) groups is 2. The van der Waals surface area contributed by atoms with Gasteiger partial charge in [0.25, 0.3) is 0 Å². The number of pyridine rings is 1. The average Bonchev–Trinajstić information content (AvgIpc) is 3.11. The molecule has 45 heavy (non-hydrogen) atoms. The molecule has 214 valence electrons. The summed E-state index contributed by atoms with van der Waals surface area (Å²) < 4.78 is 0. The molecule has 0 aliphatic heterocycles. The largest absolute Gasteiger partial charge is 0.263 e. The number of hydrogen-bond acceptors (Lipinski definition) is 2. The normalized spacial score (nSPS) is 12.0. The van der Waals surface area contributed by atoms with Crippen molar-refractivity contribution in [2.24, 2.45) is 9.98 Å². The Hall–Kier alpha value is -5.93. The number of amidine groups is 1. The number of fused-ring (bicyclic) bond motifs is 2. The lowest BCUT2D eigenvalue weighted by atomic mass is 9.99. The van der Waals surface area contributed by atoms with Gasteiger partial charge in [0.05, 0.1) is 5.70 Å². The first-order valence-corrected chi connectivity index (χ1v) is 15.0. The Kier molecular flexibility index (Phi) is 7.65. The Morgan fingerprint density at radius 1 is 0.511 bits per heavy atom.